The van der Waals surface area contributed by atoms with Gasteiger partial charge in [-0.25, -0.2) is 0 Å². The maximum absolute atomic E-state index is 14.7. The van der Waals surface area contributed by atoms with Crippen molar-refractivity contribution in [1.29, 1.82) is 0 Å². The molecule has 3 amide bonds. The molecule has 2 saturated heterocycles. The predicted molar refractivity (Wildman–Crippen MR) is 175 cm³/mol. The number of aliphatic hydroxyl groups is 1. The Morgan fingerprint density at radius 2 is 1.72 bits per heavy atom. The first-order valence-electron chi connectivity index (χ1n) is 17.6. The van der Waals surface area contributed by atoms with Crippen molar-refractivity contribution in [2.75, 3.05) is 19.7 Å². The minimum atomic E-state index is -1.33. The number of nitrogens with zero attached hydrogens (tertiary/aromatic N) is 2. The van der Waals surface area contributed by atoms with E-state index in [4.69, 9.17) is 9.47 Å². The molecule has 0 aromatic heterocycles. The Bertz CT molecular complexity index is 1360. The SMILES string of the molecule is C[C@H]1NC(=O)CC/C=C\[C@H]2O[C@]34C=CCN(C5CCCCC5)C(=O)[C@H]3N(CCCCCCO)C(=O)[C@@H]4[C@H]2C(=O)O[C@@H]1c1ccccc1. The molecule has 7 atom stereocenters. The molecule has 0 bridgehead atoms. The molecule has 6 rings (SSSR count). The van der Waals surface area contributed by atoms with Crippen LogP contribution in [0.2, 0.25) is 0 Å². The van der Waals surface area contributed by atoms with Crippen LogP contribution in [0.1, 0.15) is 89.2 Å². The van der Waals surface area contributed by atoms with E-state index in [9.17, 15) is 24.3 Å². The van der Waals surface area contributed by atoms with Gasteiger partial charge >= 0.3 is 5.97 Å². The van der Waals surface area contributed by atoms with Gasteiger partial charge in [-0.2, -0.15) is 0 Å². The molecule has 4 aliphatic heterocycles. The van der Waals surface area contributed by atoms with Crippen LogP contribution in [0.25, 0.3) is 0 Å². The Balaban J connectivity index is 1.38. The van der Waals surface area contributed by atoms with Crippen molar-refractivity contribution in [3.8, 4) is 0 Å². The quantitative estimate of drug-likeness (QED) is 0.248. The molecule has 1 spiro atoms. The molecule has 5 aliphatic rings. The van der Waals surface area contributed by atoms with Crippen molar-refractivity contribution >= 4 is 23.7 Å². The standard InChI is InChI=1S/C37H49N3O7/c1-25-32(26-15-6-4-7-16-26)46-36(45)30-28(19-10-11-20-29(42)38-25)47-37-21-14-23-39(27-17-8-5-9-18-27)35(44)33(37)40(34(43)31(30)37)22-12-2-3-13-24-41/h4,6-7,10,14-16,19,21,25,27-28,30-33,41H,2-3,5,8-9,11-13,17-18,20,22-24H2,1H3,(H,38,42)/b19-10-/t25-,28-,30+,31+,32+,33-,37+/m1/s1. The first-order chi connectivity index (χ1) is 22.9. The van der Waals surface area contributed by atoms with Crippen molar-refractivity contribution in [2.45, 2.75) is 113 Å². The summed E-state index contributed by atoms with van der Waals surface area (Å²) in [5.41, 5.74) is -0.594. The Morgan fingerprint density at radius 1 is 0.957 bits per heavy atom. The molecule has 0 radical (unpaired) electrons. The number of hydrogen-bond donors (Lipinski definition) is 2. The van der Waals surface area contributed by atoms with Crippen molar-refractivity contribution in [2.24, 2.45) is 11.8 Å². The summed E-state index contributed by atoms with van der Waals surface area (Å²) in [7, 11) is 0. The molecule has 254 valence electrons. The number of allylic oxidation sites excluding steroid dienone is 1. The Hall–Kier alpha value is -3.50. The van der Waals surface area contributed by atoms with Gasteiger partial charge in [0.1, 0.15) is 23.7 Å². The van der Waals surface area contributed by atoms with Crippen LogP contribution in [0, 0.1) is 11.8 Å². The number of carbonyl (C=O) groups is 4. The van der Waals surface area contributed by atoms with Crippen LogP contribution in [0.4, 0.5) is 0 Å². The van der Waals surface area contributed by atoms with E-state index in [-0.39, 0.29) is 36.8 Å². The summed E-state index contributed by atoms with van der Waals surface area (Å²) < 4.78 is 13.1. The zero-order chi connectivity index (χ0) is 33.0. The first kappa shape index (κ1) is 33.4. The maximum Gasteiger partial charge on any atom is 0.313 e. The molecule has 1 aromatic carbocycles. The molecule has 2 N–H and O–H groups in total. The lowest BCUT2D eigenvalue weighted by atomic mass is 9.77. The van der Waals surface area contributed by atoms with Gasteiger partial charge in [0.15, 0.2) is 0 Å². The average Bonchev–Trinajstić information content (AvgIpc) is 3.46. The number of benzene rings is 1. The van der Waals surface area contributed by atoms with Gasteiger partial charge in [0.25, 0.3) is 0 Å². The van der Waals surface area contributed by atoms with Crippen LogP contribution in [-0.4, -0.2) is 88.1 Å². The lowest BCUT2D eigenvalue weighted by molar-refractivity contribution is -0.161. The van der Waals surface area contributed by atoms with E-state index in [1.807, 2.05) is 60.4 Å². The lowest BCUT2D eigenvalue weighted by Gasteiger charge is -2.39. The highest BCUT2D eigenvalue weighted by Gasteiger charge is 2.72. The smallest absolute Gasteiger partial charge is 0.313 e. The third-order valence-corrected chi connectivity index (χ3v) is 10.7. The maximum atomic E-state index is 14.7. The molecule has 10 heteroatoms. The van der Waals surface area contributed by atoms with Crippen molar-refractivity contribution in [3.63, 3.8) is 0 Å². The van der Waals surface area contributed by atoms with Gasteiger partial charge in [-0.3, -0.25) is 19.2 Å². The third-order valence-electron chi connectivity index (χ3n) is 10.7. The van der Waals surface area contributed by atoms with Crippen molar-refractivity contribution in [1.82, 2.24) is 15.1 Å². The minimum absolute atomic E-state index is 0.106. The summed E-state index contributed by atoms with van der Waals surface area (Å²) in [4.78, 5) is 60.2. The minimum Gasteiger partial charge on any atom is -0.455 e. The topological polar surface area (TPSA) is 125 Å². The summed E-state index contributed by atoms with van der Waals surface area (Å²) in [5.74, 6) is -3.03. The summed E-state index contributed by atoms with van der Waals surface area (Å²) in [6.07, 6.45) is 14.7. The summed E-state index contributed by atoms with van der Waals surface area (Å²) in [6.45, 7) is 2.74. The summed E-state index contributed by atoms with van der Waals surface area (Å²) >= 11 is 0. The van der Waals surface area contributed by atoms with Crippen LogP contribution in [-0.2, 0) is 28.7 Å². The molecule has 47 heavy (non-hydrogen) atoms. The largest absolute Gasteiger partial charge is 0.455 e. The zero-order valence-electron chi connectivity index (χ0n) is 27.4. The number of hydrogen-bond acceptors (Lipinski definition) is 7. The molecule has 0 unspecified atom stereocenters. The van der Waals surface area contributed by atoms with Gasteiger partial charge in [0, 0.05) is 32.2 Å². The first-order valence-corrected chi connectivity index (χ1v) is 17.6. The number of likely N-dealkylation sites (tertiary alicyclic amines) is 1. The molecular formula is C37H49N3O7. The van der Waals surface area contributed by atoms with Crippen LogP contribution < -0.4 is 5.32 Å². The summed E-state index contributed by atoms with van der Waals surface area (Å²) in [5, 5.41) is 12.2. The van der Waals surface area contributed by atoms with E-state index in [1.165, 1.54) is 0 Å². The van der Waals surface area contributed by atoms with E-state index >= 15 is 0 Å². The molecule has 1 saturated carbocycles. The fourth-order valence-electron chi connectivity index (χ4n) is 8.43. The van der Waals surface area contributed by atoms with Crippen molar-refractivity contribution < 1.29 is 33.8 Å². The molecule has 4 heterocycles. The molecule has 10 nitrogen and oxygen atoms in total. The number of rotatable bonds is 8. The van der Waals surface area contributed by atoms with Gasteiger partial charge in [-0.15, -0.1) is 0 Å². The Kier molecular flexibility index (Phi) is 10.5. The summed E-state index contributed by atoms with van der Waals surface area (Å²) in [6, 6.07) is 8.01. The highest BCUT2D eigenvalue weighted by atomic mass is 16.6. The lowest BCUT2D eigenvalue weighted by Crippen LogP contribution is -2.57. The number of fused-ring (bicyclic) bond motifs is 2. The predicted octanol–water partition coefficient (Wildman–Crippen LogP) is 3.99. The number of amides is 3. The Morgan fingerprint density at radius 3 is 2.49 bits per heavy atom. The highest BCUT2D eigenvalue weighted by Crippen LogP contribution is 2.53. The fourth-order valence-corrected chi connectivity index (χ4v) is 8.43. The monoisotopic (exact) mass is 647 g/mol. The number of ether oxygens (including phenoxy) is 2. The number of nitrogens with one attached hydrogen (secondary N) is 1. The number of unbranched alkanes of at least 4 members (excludes halogenated alkanes) is 3. The second-order valence-corrected chi connectivity index (χ2v) is 13.8. The molecule has 1 aliphatic carbocycles. The fraction of sp³-hybridized carbons (Fsp3) is 0.622. The van der Waals surface area contributed by atoms with Gasteiger partial charge in [0.05, 0.1) is 18.1 Å². The molecule has 3 fully saturated rings. The van der Waals surface area contributed by atoms with E-state index in [0.29, 0.717) is 32.4 Å². The van der Waals surface area contributed by atoms with Crippen LogP contribution in [0.5, 0.6) is 0 Å². The normalized spacial score (nSPS) is 34.0. The van der Waals surface area contributed by atoms with Gasteiger partial charge < -0.3 is 29.7 Å². The average molecular weight is 648 g/mol. The highest BCUT2D eigenvalue weighted by molar-refractivity contribution is 5.99. The zero-order valence-corrected chi connectivity index (χ0v) is 27.4. The van der Waals surface area contributed by atoms with Gasteiger partial charge in [0.2, 0.25) is 17.7 Å². The molecular weight excluding hydrogens is 598 g/mol. The second kappa shape index (κ2) is 14.7. The Labute approximate surface area is 277 Å². The van der Waals surface area contributed by atoms with Gasteiger partial charge in [-0.1, -0.05) is 86.7 Å². The van der Waals surface area contributed by atoms with E-state index < -0.39 is 47.7 Å². The second-order valence-electron chi connectivity index (χ2n) is 13.8. The van der Waals surface area contributed by atoms with Crippen molar-refractivity contribution in [3.05, 3.63) is 60.2 Å². The van der Waals surface area contributed by atoms with E-state index in [1.54, 1.807) is 11.0 Å². The molecule has 1 aromatic rings. The van der Waals surface area contributed by atoms with Crippen LogP contribution in [0.3, 0.4) is 0 Å². The van der Waals surface area contributed by atoms with Crippen LogP contribution in [0.15, 0.2) is 54.6 Å². The third kappa shape index (κ3) is 6.64. The van der Waals surface area contributed by atoms with E-state index in [2.05, 4.69) is 5.32 Å². The number of cyclic esters (lactones) is 1. The van der Waals surface area contributed by atoms with E-state index in [0.717, 1.165) is 50.5 Å². The van der Waals surface area contributed by atoms with Crippen LogP contribution >= 0.6 is 0 Å². The number of carbonyl (C=O) groups excluding carboxylic acids is 4. The number of aliphatic hydroxyl groups excluding tert-OH is 1. The number of esters is 1. The van der Waals surface area contributed by atoms with Gasteiger partial charge in [-0.05, 0) is 44.6 Å².